The standard InChI is InChI=1S/C10H14Cl2N2OS/c1-7(6-13-3-4-15-2)5-8-9(11)14-10(12)16-8/h5,13H,3-4,6H2,1-2H3. The zero-order valence-corrected chi connectivity index (χ0v) is 11.5. The molecule has 0 amide bonds. The van der Waals surface area contributed by atoms with E-state index in [4.69, 9.17) is 27.9 Å². The van der Waals surface area contributed by atoms with Crippen LogP contribution in [0.2, 0.25) is 9.62 Å². The Morgan fingerprint density at radius 1 is 1.56 bits per heavy atom. The van der Waals surface area contributed by atoms with Gasteiger partial charge in [0.25, 0.3) is 0 Å². The molecule has 0 saturated heterocycles. The average molecular weight is 281 g/mol. The summed E-state index contributed by atoms with van der Waals surface area (Å²) in [4.78, 5) is 4.84. The maximum atomic E-state index is 5.90. The lowest BCUT2D eigenvalue weighted by Gasteiger charge is -2.03. The molecule has 1 aromatic heterocycles. The molecule has 1 rings (SSSR count). The highest BCUT2D eigenvalue weighted by Crippen LogP contribution is 2.28. The first kappa shape index (κ1) is 13.9. The van der Waals surface area contributed by atoms with E-state index in [1.54, 1.807) is 7.11 Å². The number of nitrogens with one attached hydrogen (secondary N) is 1. The molecule has 16 heavy (non-hydrogen) atoms. The van der Waals surface area contributed by atoms with Gasteiger partial charge in [0.15, 0.2) is 4.47 Å². The molecule has 1 heterocycles. The van der Waals surface area contributed by atoms with E-state index in [-0.39, 0.29) is 0 Å². The fraction of sp³-hybridized carbons (Fsp3) is 0.500. The van der Waals surface area contributed by atoms with Crippen LogP contribution in [0.5, 0.6) is 0 Å². The van der Waals surface area contributed by atoms with E-state index in [9.17, 15) is 0 Å². The molecule has 90 valence electrons. The van der Waals surface area contributed by atoms with Crippen LogP contribution in [0.25, 0.3) is 6.08 Å². The van der Waals surface area contributed by atoms with Gasteiger partial charge in [0.05, 0.1) is 11.5 Å². The summed E-state index contributed by atoms with van der Waals surface area (Å²) in [7, 11) is 1.68. The Hall–Kier alpha value is -0.130. The Labute approximate surface area is 109 Å². The fourth-order valence-corrected chi connectivity index (χ4v) is 2.50. The first-order valence-electron chi connectivity index (χ1n) is 4.82. The quantitative estimate of drug-likeness (QED) is 0.814. The highest BCUT2D eigenvalue weighted by Gasteiger charge is 2.05. The first-order valence-corrected chi connectivity index (χ1v) is 6.39. The molecular formula is C10H14Cl2N2OS. The Morgan fingerprint density at radius 3 is 2.88 bits per heavy atom. The summed E-state index contributed by atoms with van der Waals surface area (Å²) in [5, 5.41) is 3.71. The van der Waals surface area contributed by atoms with Crippen molar-refractivity contribution in [3.8, 4) is 0 Å². The topological polar surface area (TPSA) is 34.1 Å². The van der Waals surface area contributed by atoms with Crippen LogP contribution in [-0.4, -0.2) is 31.8 Å². The minimum absolute atomic E-state index is 0.464. The third-order valence-electron chi connectivity index (χ3n) is 1.85. The highest BCUT2D eigenvalue weighted by molar-refractivity contribution is 7.17. The molecule has 0 unspecified atom stereocenters. The minimum atomic E-state index is 0.464. The second-order valence-corrected chi connectivity index (χ2v) is 5.25. The van der Waals surface area contributed by atoms with Crippen molar-refractivity contribution in [2.45, 2.75) is 6.92 Å². The molecule has 0 spiro atoms. The van der Waals surface area contributed by atoms with Crippen LogP contribution >= 0.6 is 34.5 Å². The normalized spacial score (nSPS) is 12.1. The second-order valence-electron chi connectivity index (χ2n) is 3.28. The smallest absolute Gasteiger partial charge is 0.185 e. The van der Waals surface area contributed by atoms with Gasteiger partial charge in [-0.3, -0.25) is 0 Å². The van der Waals surface area contributed by atoms with Gasteiger partial charge < -0.3 is 10.1 Å². The van der Waals surface area contributed by atoms with Crippen molar-refractivity contribution in [3.05, 3.63) is 20.1 Å². The molecule has 6 heteroatoms. The van der Waals surface area contributed by atoms with Gasteiger partial charge in [0.2, 0.25) is 0 Å². The van der Waals surface area contributed by atoms with E-state index in [0.717, 1.165) is 18.0 Å². The largest absolute Gasteiger partial charge is 0.383 e. The zero-order valence-electron chi connectivity index (χ0n) is 9.22. The molecule has 1 aromatic rings. The molecule has 0 bridgehead atoms. The van der Waals surface area contributed by atoms with Crippen LogP contribution in [0.4, 0.5) is 0 Å². The number of halogens is 2. The summed E-state index contributed by atoms with van der Waals surface area (Å²) in [5.74, 6) is 0. The first-order chi connectivity index (χ1) is 7.63. The Balaban J connectivity index is 2.46. The van der Waals surface area contributed by atoms with E-state index in [2.05, 4.69) is 10.3 Å². The molecule has 0 aromatic carbocycles. The van der Waals surface area contributed by atoms with E-state index in [1.807, 2.05) is 13.0 Å². The Kier molecular flexibility index (Phi) is 6.31. The van der Waals surface area contributed by atoms with Crippen molar-refractivity contribution >= 4 is 40.6 Å². The predicted molar refractivity (Wildman–Crippen MR) is 70.5 cm³/mol. The number of hydrogen-bond acceptors (Lipinski definition) is 4. The van der Waals surface area contributed by atoms with Crippen LogP contribution in [0, 0.1) is 0 Å². The fourth-order valence-electron chi connectivity index (χ4n) is 1.11. The molecule has 0 atom stereocenters. The van der Waals surface area contributed by atoms with E-state index < -0.39 is 0 Å². The maximum absolute atomic E-state index is 5.90. The summed E-state index contributed by atoms with van der Waals surface area (Å²) in [6.45, 7) is 4.37. The number of aromatic nitrogens is 1. The van der Waals surface area contributed by atoms with Gasteiger partial charge in [-0.05, 0) is 13.0 Å². The van der Waals surface area contributed by atoms with E-state index in [1.165, 1.54) is 16.9 Å². The number of nitrogens with zero attached hydrogens (tertiary/aromatic N) is 1. The van der Waals surface area contributed by atoms with Gasteiger partial charge in [0.1, 0.15) is 5.15 Å². The molecule has 3 nitrogen and oxygen atoms in total. The molecule has 0 aliphatic heterocycles. The van der Waals surface area contributed by atoms with Gasteiger partial charge in [-0.1, -0.05) is 28.8 Å². The van der Waals surface area contributed by atoms with Crippen LogP contribution < -0.4 is 5.32 Å². The van der Waals surface area contributed by atoms with Crippen LogP contribution in [0.3, 0.4) is 0 Å². The third-order valence-corrected chi connectivity index (χ3v) is 3.35. The number of ether oxygens (including phenoxy) is 1. The third kappa shape index (κ3) is 4.80. The van der Waals surface area contributed by atoms with Crippen LogP contribution in [-0.2, 0) is 4.74 Å². The number of methoxy groups -OCH3 is 1. The summed E-state index contributed by atoms with van der Waals surface area (Å²) in [5.41, 5.74) is 1.18. The second kappa shape index (κ2) is 7.25. The van der Waals surface area contributed by atoms with Crippen molar-refractivity contribution < 1.29 is 4.74 Å². The summed E-state index contributed by atoms with van der Waals surface area (Å²) in [6.07, 6.45) is 1.99. The van der Waals surface area contributed by atoms with Crippen molar-refractivity contribution in [3.63, 3.8) is 0 Å². The molecule has 0 saturated carbocycles. The number of rotatable bonds is 6. The Bertz CT molecular complexity index is 366. The SMILES string of the molecule is COCCNCC(C)=Cc1sc(Cl)nc1Cl. The summed E-state index contributed by atoms with van der Waals surface area (Å²) < 4.78 is 5.40. The predicted octanol–water partition coefficient (Wildman–Crippen LogP) is 3.09. The molecular weight excluding hydrogens is 267 g/mol. The Morgan fingerprint density at radius 2 is 2.31 bits per heavy atom. The average Bonchev–Trinajstić information content (AvgIpc) is 2.52. The number of hydrogen-bond donors (Lipinski definition) is 1. The molecule has 0 fully saturated rings. The van der Waals surface area contributed by atoms with E-state index >= 15 is 0 Å². The lowest BCUT2D eigenvalue weighted by molar-refractivity contribution is 0.200. The van der Waals surface area contributed by atoms with Crippen LogP contribution in [0.1, 0.15) is 11.8 Å². The lowest BCUT2D eigenvalue weighted by Crippen LogP contribution is -2.20. The summed E-state index contributed by atoms with van der Waals surface area (Å²) in [6, 6.07) is 0. The van der Waals surface area contributed by atoms with Crippen molar-refractivity contribution in [1.82, 2.24) is 10.3 Å². The lowest BCUT2D eigenvalue weighted by atomic mass is 10.2. The number of thiazole rings is 1. The van der Waals surface area contributed by atoms with Crippen molar-refractivity contribution in [2.75, 3.05) is 26.8 Å². The van der Waals surface area contributed by atoms with Crippen molar-refractivity contribution in [2.24, 2.45) is 0 Å². The minimum Gasteiger partial charge on any atom is -0.383 e. The van der Waals surface area contributed by atoms with Crippen molar-refractivity contribution in [1.29, 1.82) is 0 Å². The zero-order chi connectivity index (χ0) is 12.0. The monoisotopic (exact) mass is 280 g/mol. The molecule has 0 aliphatic carbocycles. The maximum Gasteiger partial charge on any atom is 0.185 e. The van der Waals surface area contributed by atoms with E-state index in [0.29, 0.717) is 16.2 Å². The van der Waals surface area contributed by atoms with Crippen LogP contribution in [0.15, 0.2) is 5.57 Å². The van der Waals surface area contributed by atoms with Gasteiger partial charge in [-0.2, -0.15) is 0 Å². The van der Waals surface area contributed by atoms with Gasteiger partial charge in [-0.25, -0.2) is 4.98 Å². The van der Waals surface area contributed by atoms with Gasteiger partial charge >= 0.3 is 0 Å². The van der Waals surface area contributed by atoms with Gasteiger partial charge in [0, 0.05) is 20.2 Å². The summed E-state index contributed by atoms with van der Waals surface area (Å²) >= 11 is 13.0. The molecule has 0 aliphatic rings. The highest BCUT2D eigenvalue weighted by atomic mass is 35.5. The molecule has 1 N–H and O–H groups in total. The molecule has 0 radical (unpaired) electrons. The van der Waals surface area contributed by atoms with Gasteiger partial charge in [-0.15, -0.1) is 11.3 Å².